The van der Waals surface area contributed by atoms with E-state index in [0.29, 0.717) is 0 Å². The molecule has 0 aromatic rings. The van der Waals surface area contributed by atoms with Crippen LogP contribution in [-0.4, -0.2) is 10.9 Å². The Labute approximate surface area is 111 Å². The van der Waals surface area contributed by atoms with Gasteiger partial charge in [0, 0.05) is 16.9 Å². The molecule has 0 saturated heterocycles. The van der Waals surface area contributed by atoms with Crippen molar-refractivity contribution in [2.75, 3.05) is 0 Å². The first-order valence-corrected chi connectivity index (χ1v) is 7.33. The zero-order chi connectivity index (χ0) is 13.8. The number of ketones is 1. The molecule has 0 radical (unpaired) electrons. The first-order chi connectivity index (χ1) is 8.38. The number of hydrogen-bond donors (Lipinski definition) is 1. The zero-order valence-corrected chi connectivity index (χ0v) is 12.4. The molecule has 0 aromatic heterocycles. The molecular formula is C16H28O2. The Morgan fingerprint density at radius 1 is 1.22 bits per heavy atom. The lowest BCUT2D eigenvalue weighted by molar-refractivity contribution is -0.126. The summed E-state index contributed by atoms with van der Waals surface area (Å²) in [6.45, 7) is 8.08. The molecule has 0 heterocycles. The van der Waals surface area contributed by atoms with Crippen molar-refractivity contribution in [3.63, 3.8) is 0 Å². The van der Waals surface area contributed by atoms with Crippen LogP contribution in [0.1, 0.15) is 72.6 Å². The van der Waals surface area contributed by atoms with Gasteiger partial charge >= 0.3 is 0 Å². The van der Waals surface area contributed by atoms with Crippen molar-refractivity contribution < 1.29 is 9.90 Å². The third-order valence-electron chi connectivity index (χ3n) is 4.86. The van der Waals surface area contributed by atoms with Crippen LogP contribution in [0, 0.1) is 10.8 Å². The van der Waals surface area contributed by atoms with Crippen LogP contribution in [0.2, 0.25) is 0 Å². The first kappa shape index (κ1) is 15.3. The Kier molecular flexibility index (Phi) is 5.01. The summed E-state index contributed by atoms with van der Waals surface area (Å²) in [5.41, 5.74) is -0.491. The smallest absolute Gasteiger partial charge is 0.165 e. The van der Waals surface area contributed by atoms with E-state index in [2.05, 4.69) is 6.92 Å². The Bertz CT molecular complexity index is 320. The number of allylic oxidation sites excluding steroid dienone is 2. The number of carbonyl (C=O) groups is 1. The normalized spacial score (nSPS) is 20.8. The van der Waals surface area contributed by atoms with Gasteiger partial charge in [-0.15, -0.1) is 0 Å². The molecule has 1 saturated carbocycles. The van der Waals surface area contributed by atoms with Crippen LogP contribution in [0.3, 0.4) is 0 Å². The molecule has 1 rings (SSSR count). The van der Waals surface area contributed by atoms with Crippen molar-refractivity contribution in [2.45, 2.75) is 72.6 Å². The lowest BCUT2D eigenvalue weighted by Crippen LogP contribution is -2.32. The van der Waals surface area contributed by atoms with Gasteiger partial charge in [-0.1, -0.05) is 47.0 Å². The van der Waals surface area contributed by atoms with Crippen LogP contribution in [0.15, 0.2) is 11.8 Å². The van der Waals surface area contributed by atoms with Crippen molar-refractivity contribution in [2.24, 2.45) is 10.8 Å². The van der Waals surface area contributed by atoms with Gasteiger partial charge in [0.2, 0.25) is 0 Å². The van der Waals surface area contributed by atoms with Gasteiger partial charge in [-0.3, -0.25) is 4.79 Å². The van der Waals surface area contributed by atoms with Crippen LogP contribution in [0.25, 0.3) is 0 Å². The van der Waals surface area contributed by atoms with Gasteiger partial charge in [-0.05, 0) is 25.7 Å². The molecule has 2 nitrogen and oxygen atoms in total. The average Bonchev–Trinajstić information content (AvgIpc) is 2.39. The molecule has 1 aliphatic rings. The fourth-order valence-corrected chi connectivity index (χ4v) is 2.66. The standard InChI is InChI=1S/C16H28O2/c1-5-15(3,4)13(17)12-14(18)16(6-2)10-8-7-9-11-16/h12,17H,5-11H2,1-4H3/b13-12-. The Balaban J connectivity index is 2.88. The quantitative estimate of drug-likeness (QED) is 0.564. The van der Waals surface area contributed by atoms with Crippen LogP contribution in [-0.2, 0) is 4.79 Å². The second-order valence-corrected chi connectivity index (χ2v) is 6.33. The number of aliphatic hydroxyl groups excluding tert-OH is 1. The van der Waals surface area contributed by atoms with E-state index in [1.807, 2.05) is 20.8 Å². The van der Waals surface area contributed by atoms with Gasteiger partial charge in [0.1, 0.15) is 5.76 Å². The molecule has 2 heteroatoms. The van der Waals surface area contributed by atoms with Gasteiger partial charge in [0.05, 0.1) is 0 Å². The molecular weight excluding hydrogens is 224 g/mol. The van der Waals surface area contributed by atoms with Crippen LogP contribution < -0.4 is 0 Å². The van der Waals surface area contributed by atoms with Gasteiger partial charge in [0.25, 0.3) is 0 Å². The molecule has 1 fully saturated rings. The fraction of sp³-hybridized carbons (Fsp3) is 0.812. The van der Waals surface area contributed by atoms with Crippen molar-refractivity contribution in [1.82, 2.24) is 0 Å². The van der Waals surface area contributed by atoms with Crippen LogP contribution in [0.4, 0.5) is 0 Å². The molecule has 0 spiro atoms. The predicted octanol–water partition coefficient (Wildman–Crippen LogP) is 4.79. The number of carbonyl (C=O) groups excluding carboxylic acids is 1. The SMILES string of the molecule is CCC1(C(=O)/C=C(\O)C(C)(C)CC)CCCCC1. The van der Waals surface area contributed by atoms with Gasteiger partial charge in [0.15, 0.2) is 5.78 Å². The second kappa shape index (κ2) is 5.90. The third kappa shape index (κ3) is 3.15. The molecule has 0 atom stereocenters. The minimum atomic E-state index is -0.292. The molecule has 1 aliphatic carbocycles. The highest BCUT2D eigenvalue weighted by Gasteiger charge is 2.37. The highest BCUT2D eigenvalue weighted by molar-refractivity contribution is 5.95. The Hall–Kier alpha value is -0.790. The maximum atomic E-state index is 12.5. The monoisotopic (exact) mass is 252 g/mol. The highest BCUT2D eigenvalue weighted by Crippen LogP contribution is 2.41. The average molecular weight is 252 g/mol. The molecule has 18 heavy (non-hydrogen) atoms. The van der Waals surface area contributed by atoms with Crippen LogP contribution in [0.5, 0.6) is 0 Å². The summed E-state index contributed by atoms with van der Waals surface area (Å²) in [5.74, 6) is 0.386. The fourth-order valence-electron chi connectivity index (χ4n) is 2.66. The van der Waals surface area contributed by atoms with Crippen LogP contribution >= 0.6 is 0 Å². The third-order valence-corrected chi connectivity index (χ3v) is 4.86. The largest absolute Gasteiger partial charge is 0.512 e. The zero-order valence-electron chi connectivity index (χ0n) is 12.4. The van der Waals surface area contributed by atoms with E-state index in [9.17, 15) is 9.90 Å². The highest BCUT2D eigenvalue weighted by atomic mass is 16.3. The summed E-state index contributed by atoms with van der Waals surface area (Å²) in [5, 5.41) is 10.1. The summed E-state index contributed by atoms with van der Waals surface area (Å²) < 4.78 is 0. The molecule has 0 aliphatic heterocycles. The van der Waals surface area contributed by atoms with E-state index >= 15 is 0 Å². The molecule has 104 valence electrons. The van der Waals surface area contributed by atoms with Gasteiger partial charge in [-0.25, -0.2) is 0 Å². The van der Waals surface area contributed by atoms with E-state index in [-0.39, 0.29) is 22.4 Å². The Morgan fingerprint density at radius 3 is 2.22 bits per heavy atom. The predicted molar refractivity (Wildman–Crippen MR) is 75.6 cm³/mol. The summed E-state index contributed by atoms with van der Waals surface area (Å²) in [7, 11) is 0. The topological polar surface area (TPSA) is 37.3 Å². The number of aliphatic hydroxyl groups is 1. The molecule has 0 bridgehead atoms. The van der Waals surface area contributed by atoms with E-state index in [4.69, 9.17) is 0 Å². The summed E-state index contributed by atoms with van der Waals surface area (Å²) >= 11 is 0. The summed E-state index contributed by atoms with van der Waals surface area (Å²) in [4.78, 5) is 12.5. The van der Waals surface area contributed by atoms with Gasteiger partial charge < -0.3 is 5.11 Å². The van der Waals surface area contributed by atoms with Crippen molar-refractivity contribution >= 4 is 5.78 Å². The van der Waals surface area contributed by atoms with Gasteiger partial charge in [-0.2, -0.15) is 0 Å². The van der Waals surface area contributed by atoms with Crippen molar-refractivity contribution in [1.29, 1.82) is 0 Å². The van der Waals surface area contributed by atoms with E-state index in [0.717, 1.165) is 38.5 Å². The maximum Gasteiger partial charge on any atom is 0.165 e. The van der Waals surface area contributed by atoms with Crippen molar-refractivity contribution in [3.05, 3.63) is 11.8 Å². The first-order valence-electron chi connectivity index (χ1n) is 7.33. The number of rotatable bonds is 5. The molecule has 0 amide bonds. The maximum absolute atomic E-state index is 12.5. The summed E-state index contributed by atoms with van der Waals surface area (Å²) in [6, 6.07) is 0. The minimum absolute atomic E-state index is 0.142. The minimum Gasteiger partial charge on any atom is -0.512 e. The Morgan fingerprint density at radius 2 is 1.78 bits per heavy atom. The number of hydrogen-bond acceptors (Lipinski definition) is 2. The lowest BCUT2D eigenvalue weighted by Gasteiger charge is -2.34. The summed E-state index contributed by atoms with van der Waals surface area (Å²) in [6.07, 6.45) is 8.74. The van der Waals surface area contributed by atoms with E-state index in [1.54, 1.807) is 0 Å². The molecule has 0 unspecified atom stereocenters. The molecule has 0 aromatic carbocycles. The van der Waals surface area contributed by atoms with Crippen molar-refractivity contribution in [3.8, 4) is 0 Å². The second-order valence-electron chi connectivity index (χ2n) is 6.33. The lowest BCUT2D eigenvalue weighted by atomic mass is 9.69. The molecule has 1 N–H and O–H groups in total. The van der Waals surface area contributed by atoms with E-state index < -0.39 is 0 Å². The van der Waals surface area contributed by atoms with E-state index in [1.165, 1.54) is 12.5 Å².